The molecule has 6 heteroatoms. The highest BCUT2D eigenvalue weighted by Crippen LogP contribution is 2.27. The molecule has 0 radical (unpaired) electrons. The van der Waals surface area contributed by atoms with Crippen molar-refractivity contribution in [1.29, 1.82) is 0 Å². The number of nitrogens with zero attached hydrogens (tertiary/aromatic N) is 1. The van der Waals surface area contributed by atoms with Crippen molar-refractivity contribution in [1.82, 2.24) is 15.5 Å². The molecule has 1 aromatic heterocycles. The summed E-state index contributed by atoms with van der Waals surface area (Å²) < 4.78 is 0. The van der Waals surface area contributed by atoms with Gasteiger partial charge in [-0.05, 0) is 36.4 Å². The zero-order valence-electron chi connectivity index (χ0n) is 15.3. The van der Waals surface area contributed by atoms with Crippen molar-refractivity contribution in [3.05, 3.63) is 58.3 Å². The maximum Gasteiger partial charge on any atom is 0.254 e. The summed E-state index contributed by atoms with van der Waals surface area (Å²) >= 11 is 1.64. The lowest BCUT2D eigenvalue weighted by Gasteiger charge is -2.41. The fourth-order valence-corrected chi connectivity index (χ4v) is 4.83. The molecule has 1 saturated heterocycles. The van der Waals surface area contributed by atoms with Crippen molar-refractivity contribution in [3.63, 3.8) is 0 Å². The molecule has 2 aromatic rings. The molecule has 1 aromatic carbocycles. The Morgan fingerprint density at radius 1 is 1.11 bits per heavy atom. The smallest absolute Gasteiger partial charge is 0.254 e. The highest BCUT2D eigenvalue weighted by atomic mass is 32.1. The van der Waals surface area contributed by atoms with Gasteiger partial charge in [-0.2, -0.15) is 0 Å². The molecule has 2 N–H and O–H groups in total. The van der Waals surface area contributed by atoms with Crippen molar-refractivity contribution in [3.8, 4) is 0 Å². The van der Waals surface area contributed by atoms with Gasteiger partial charge in [0, 0.05) is 16.5 Å². The van der Waals surface area contributed by atoms with Gasteiger partial charge in [0.15, 0.2) is 0 Å². The summed E-state index contributed by atoms with van der Waals surface area (Å²) in [5.74, 6) is 0.197. The van der Waals surface area contributed by atoms with E-state index in [-0.39, 0.29) is 29.9 Å². The van der Waals surface area contributed by atoms with Gasteiger partial charge in [-0.25, -0.2) is 0 Å². The van der Waals surface area contributed by atoms with E-state index in [0.29, 0.717) is 18.7 Å². The molecule has 5 nitrogen and oxygen atoms in total. The number of hydrogen-bond acceptors (Lipinski definition) is 4. The second-order valence-corrected chi connectivity index (χ2v) is 8.39. The van der Waals surface area contributed by atoms with E-state index in [0.717, 1.165) is 30.6 Å². The lowest BCUT2D eigenvalue weighted by molar-refractivity contribution is -0.131. The minimum absolute atomic E-state index is 0.00850. The van der Waals surface area contributed by atoms with Crippen molar-refractivity contribution in [2.75, 3.05) is 6.54 Å². The van der Waals surface area contributed by atoms with Crippen LogP contribution in [0.15, 0.2) is 47.8 Å². The minimum atomic E-state index is -0.204. The van der Waals surface area contributed by atoms with Gasteiger partial charge in [0.05, 0.1) is 25.2 Å². The Morgan fingerprint density at radius 3 is 2.70 bits per heavy atom. The van der Waals surface area contributed by atoms with Crippen LogP contribution in [0.1, 0.15) is 40.9 Å². The predicted molar refractivity (Wildman–Crippen MR) is 106 cm³/mol. The van der Waals surface area contributed by atoms with E-state index in [4.69, 9.17) is 0 Å². The van der Waals surface area contributed by atoms with Crippen LogP contribution in [0.25, 0.3) is 0 Å². The molecule has 2 amide bonds. The zero-order chi connectivity index (χ0) is 18.6. The molecule has 3 atom stereocenters. The van der Waals surface area contributed by atoms with Gasteiger partial charge >= 0.3 is 0 Å². The SMILES string of the molecule is O=C1NC(CN(Cc2cccs2)C(=O)c2ccccc2)NC2CCCCC12. The monoisotopic (exact) mass is 383 g/mol. The number of fused-ring (bicyclic) bond motifs is 1. The molecule has 2 fully saturated rings. The molecule has 4 rings (SSSR count). The van der Waals surface area contributed by atoms with Crippen LogP contribution in [0.5, 0.6) is 0 Å². The maximum atomic E-state index is 13.1. The van der Waals surface area contributed by atoms with Crippen LogP contribution in [0.3, 0.4) is 0 Å². The molecule has 27 heavy (non-hydrogen) atoms. The zero-order valence-corrected chi connectivity index (χ0v) is 16.1. The molecule has 2 heterocycles. The quantitative estimate of drug-likeness (QED) is 0.834. The second-order valence-electron chi connectivity index (χ2n) is 7.36. The third-order valence-electron chi connectivity index (χ3n) is 5.47. The van der Waals surface area contributed by atoms with E-state index in [1.54, 1.807) is 11.3 Å². The summed E-state index contributed by atoms with van der Waals surface area (Å²) in [7, 11) is 0. The molecular formula is C21H25N3O2S. The Labute approximate surface area is 163 Å². The molecule has 1 aliphatic carbocycles. The van der Waals surface area contributed by atoms with Gasteiger partial charge in [-0.3, -0.25) is 14.9 Å². The largest absolute Gasteiger partial charge is 0.339 e. The van der Waals surface area contributed by atoms with Gasteiger partial charge < -0.3 is 10.2 Å². The molecular weight excluding hydrogens is 358 g/mol. The number of nitrogens with one attached hydrogen (secondary N) is 2. The van der Waals surface area contributed by atoms with E-state index >= 15 is 0 Å². The minimum Gasteiger partial charge on any atom is -0.339 e. The lowest BCUT2D eigenvalue weighted by atomic mass is 9.82. The van der Waals surface area contributed by atoms with Gasteiger partial charge in [-0.1, -0.05) is 37.1 Å². The van der Waals surface area contributed by atoms with Gasteiger partial charge in [0.2, 0.25) is 5.91 Å². The van der Waals surface area contributed by atoms with Crippen molar-refractivity contribution in [2.45, 2.75) is 44.4 Å². The second kappa shape index (κ2) is 8.23. The number of rotatable bonds is 5. The first-order valence-corrected chi connectivity index (χ1v) is 10.5. The summed E-state index contributed by atoms with van der Waals surface area (Å²) in [4.78, 5) is 28.6. The number of carbonyl (C=O) groups is 2. The van der Waals surface area contributed by atoms with Crippen molar-refractivity contribution >= 4 is 23.2 Å². The summed E-state index contributed by atoms with van der Waals surface area (Å²) in [6, 6.07) is 13.6. The summed E-state index contributed by atoms with van der Waals surface area (Å²) in [6.07, 6.45) is 4.07. The van der Waals surface area contributed by atoms with E-state index < -0.39 is 0 Å². The van der Waals surface area contributed by atoms with Crippen LogP contribution in [0, 0.1) is 5.92 Å². The number of carbonyl (C=O) groups excluding carboxylic acids is 2. The number of hydrogen-bond donors (Lipinski definition) is 2. The van der Waals surface area contributed by atoms with Crippen molar-refractivity contribution < 1.29 is 9.59 Å². The Hall–Kier alpha value is -2.18. The lowest BCUT2D eigenvalue weighted by Crippen LogP contribution is -2.65. The summed E-state index contributed by atoms with van der Waals surface area (Å²) in [6.45, 7) is 1.01. The molecule has 0 spiro atoms. The Kier molecular flexibility index (Phi) is 5.55. The topological polar surface area (TPSA) is 61.4 Å². The standard InChI is InChI=1S/C21H25N3O2S/c25-20-17-10-4-5-11-18(17)22-19(23-20)14-24(13-16-9-6-12-27-16)21(26)15-7-2-1-3-8-15/h1-3,6-9,12,17-19,22H,4-5,10-11,13-14H2,(H,23,25). The molecule has 1 saturated carbocycles. The van der Waals surface area contributed by atoms with Crippen LogP contribution >= 0.6 is 11.3 Å². The number of amides is 2. The van der Waals surface area contributed by atoms with E-state index in [9.17, 15) is 9.59 Å². The summed E-state index contributed by atoms with van der Waals surface area (Å²) in [5.41, 5.74) is 0.673. The Balaban J connectivity index is 1.50. The fourth-order valence-electron chi connectivity index (χ4n) is 4.11. The van der Waals surface area contributed by atoms with Gasteiger partial charge in [0.25, 0.3) is 5.91 Å². The van der Waals surface area contributed by atoms with Crippen molar-refractivity contribution in [2.24, 2.45) is 5.92 Å². The molecule has 3 unspecified atom stereocenters. The third kappa shape index (κ3) is 4.22. The molecule has 1 aliphatic heterocycles. The van der Waals surface area contributed by atoms with E-state index in [1.807, 2.05) is 52.7 Å². The van der Waals surface area contributed by atoms with Crippen LogP contribution in [-0.4, -0.2) is 35.5 Å². The van der Waals surface area contributed by atoms with Crippen LogP contribution in [0.4, 0.5) is 0 Å². The first kappa shape index (κ1) is 18.2. The van der Waals surface area contributed by atoms with Crippen LogP contribution < -0.4 is 10.6 Å². The first-order valence-electron chi connectivity index (χ1n) is 9.64. The normalized spacial score (nSPS) is 24.7. The van der Waals surface area contributed by atoms with Gasteiger partial charge in [-0.15, -0.1) is 11.3 Å². The average Bonchev–Trinajstić information content (AvgIpc) is 3.21. The molecule has 142 valence electrons. The predicted octanol–water partition coefficient (Wildman–Crippen LogP) is 2.99. The maximum absolute atomic E-state index is 13.1. The van der Waals surface area contributed by atoms with E-state index in [2.05, 4.69) is 10.6 Å². The fraction of sp³-hybridized carbons (Fsp3) is 0.429. The van der Waals surface area contributed by atoms with Crippen LogP contribution in [0.2, 0.25) is 0 Å². The third-order valence-corrected chi connectivity index (χ3v) is 6.33. The summed E-state index contributed by atoms with van der Waals surface area (Å²) in [5, 5.41) is 8.69. The Morgan fingerprint density at radius 2 is 1.93 bits per heavy atom. The molecule has 0 bridgehead atoms. The first-order chi connectivity index (χ1) is 13.2. The molecule has 2 aliphatic rings. The van der Waals surface area contributed by atoms with Crippen LogP contribution in [-0.2, 0) is 11.3 Å². The highest BCUT2D eigenvalue weighted by molar-refractivity contribution is 7.09. The van der Waals surface area contributed by atoms with E-state index in [1.165, 1.54) is 0 Å². The average molecular weight is 384 g/mol. The number of benzene rings is 1. The van der Waals surface area contributed by atoms with Gasteiger partial charge in [0.1, 0.15) is 0 Å². The number of thiophene rings is 1. The Bertz CT molecular complexity index is 778. The highest BCUT2D eigenvalue weighted by Gasteiger charge is 2.38.